The summed E-state index contributed by atoms with van der Waals surface area (Å²) in [6.45, 7) is -0.599. The quantitative estimate of drug-likeness (QED) is 0.375. The van der Waals surface area contributed by atoms with Gasteiger partial charge in [0.1, 0.15) is 36.3 Å². The van der Waals surface area contributed by atoms with Gasteiger partial charge in [-0.25, -0.2) is 15.0 Å². The zero-order valence-corrected chi connectivity index (χ0v) is 12.6. The lowest BCUT2D eigenvalue weighted by molar-refractivity contribution is -0.0795. The van der Waals surface area contributed by atoms with E-state index in [1.54, 1.807) is 0 Å². The number of ether oxygens (including phenoxy) is 2. The normalized spacial score (nSPS) is 28.5. The number of nitrogen functional groups attached to an aromatic ring is 1. The number of hydrogen-bond acceptors (Lipinski definition) is 10. The molecular weight excluding hydrogens is 322 g/mol. The van der Waals surface area contributed by atoms with Crippen molar-refractivity contribution in [2.75, 3.05) is 25.6 Å². The first-order chi connectivity index (χ1) is 11.5. The molecule has 0 radical (unpaired) electrons. The minimum absolute atomic E-state index is 0.0600. The van der Waals surface area contributed by atoms with Crippen molar-refractivity contribution in [2.24, 2.45) is 0 Å². The molecule has 0 amide bonds. The average molecular weight is 341 g/mol. The Morgan fingerprint density at radius 2 is 2.08 bits per heavy atom. The summed E-state index contributed by atoms with van der Waals surface area (Å²) in [6.07, 6.45) is -2.50. The van der Waals surface area contributed by atoms with Crippen molar-refractivity contribution in [3.05, 3.63) is 12.7 Å². The van der Waals surface area contributed by atoms with E-state index in [0.29, 0.717) is 11.2 Å². The van der Waals surface area contributed by atoms with Gasteiger partial charge in [-0.3, -0.25) is 4.57 Å². The maximum absolute atomic E-state index is 10.2. The lowest BCUT2D eigenvalue weighted by Crippen LogP contribution is -2.34. The monoisotopic (exact) mass is 341 g/mol. The van der Waals surface area contributed by atoms with Gasteiger partial charge < -0.3 is 35.6 Å². The fourth-order valence-electron chi connectivity index (χ4n) is 2.53. The van der Waals surface area contributed by atoms with E-state index in [9.17, 15) is 15.3 Å². The van der Waals surface area contributed by atoms with Gasteiger partial charge in [-0.1, -0.05) is 0 Å². The van der Waals surface area contributed by atoms with Gasteiger partial charge in [0.05, 0.1) is 26.1 Å². The predicted molar refractivity (Wildman–Crippen MR) is 79.6 cm³/mol. The van der Waals surface area contributed by atoms with E-state index in [1.807, 2.05) is 0 Å². The van der Waals surface area contributed by atoms with E-state index >= 15 is 0 Å². The molecule has 1 aliphatic heterocycles. The highest BCUT2D eigenvalue weighted by atomic mass is 16.6. The number of nitrogens with two attached hydrogens (primary N) is 1. The van der Waals surface area contributed by atoms with Gasteiger partial charge in [0.2, 0.25) is 0 Å². The molecule has 2 aromatic heterocycles. The lowest BCUT2D eigenvalue weighted by Gasteiger charge is -2.16. The van der Waals surface area contributed by atoms with Crippen LogP contribution in [0.5, 0.6) is 0 Å². The summed E-state index contributed by atoms with van der Waals surface area (Å²) in [7, 11) is 0. The van der Waals surface area contributed by atoms with Crippen LogP contribution in [0.3, 0.4) is 0 Å². The number of aromatic nitrogens is 4. The largest absolute Gasteiger partial charge is 0.394 e. The number of hydrogen-bond donors (Lipinski definition) is 5. The first kappa shape index (κ1) is 17.0. The second-order valence-electron chi connectivity index (χ2n) is 5.50. The highest BCUT2D eigenvalue weighted by molar-refractivity contribution is 5.81. The minimum Gasteiger partial charge on any atom is -0.394 e. The van der Waals surface area contributed by atoms with Crippen LogP contribution in [0.2, 0.25) is 0 Å². The van der Waals surface area contributed by atoms with Gasteiger partial charge in [0.15, 0.2) is 17.7 Å². The Morgan fingerprint density at radius 3 is 2.83 bits per heavy atom. The Morgan fingerprint density at radius 1 is 1.29 bits per heavy atom. The van der Waals surface area contributed by atoms with Crippen LogP contribution >= 0.6 is 0 Å². The summed E-state index contributed by atoms with van der Waals surface area (Å²) in [5, 5.41) is 38.3. The molecule has 0 aliphatic carbocycles. The first-order valence-electron chi connectivity index (χ1n) is 7.34. The van der Waals surface area contributed by atoms with Crippen molar-refractivity contribution >= 4 is 17.0 Å². The van der Waals surface area contributed by atoms with E-state index in [0.717, 1.165) is 0 Å². The number of rotatable bonds is 6. The minimum atomic E-state index is -1.23. The third-order valence-electron chi connectivity index (χ3n) is 3.80. The smallest absolute Gasteiger partial charge is 0.167 e. The molecule has 5 atom stereocenters. The second kappa shape index (κ2) is 6.93. The van der Waals surface area contributed by atoms with Gasteiger partial charge in [-0.05, 0) is 0 Å². The third kappa shape index (κ3) is 3.05. The predicted octanol–water partition coefficient (Wildman–Crippen LogP) is -2.60. The van der Waals surface area contributed by atoms with E-state index in [2.05, 4.69) is 15.0 Å². The maximum Gasteiger partial charge on any atom is 0.167 e. The molecule has 0 aromatic carbocycles. The number of aliphatic hydroxyl groups is 4. The number of aliphatic hydroxyl groups excluding tert-OH is 4. The molecule has 6 N–H and O–H groups in total. The average Bonchev–Trinajstić information content (AvgIpc) is 3.12. The molecule has 3 heterocycles. The highest BCUT2D eigenvalue weighted by Crippen LogP contribution is 2.32. The van der Waals surface area contributed by atoms with Gasteiger partial charge in [0, 0.05) is 0 Å². The van der Waals surface area contributed by atoms with Crippen LogP contribution in [0.15, 0.2) is 12.7 Å². The Bertz CT molecular complexity index is 697. The van der Waals surface area contributed by atoms with E-state index in [4.69, 9.17) is 20.3 Å². The third-order valence-corrected chi connectivity index (χ3v) is 3.80. The molecule has 1 aliphatic rings. The standard InChI is InChI=1S/C13H19N5O6/c14-11-8-12(16-4-15-11)18(5-17-8)13-10(22)9(21)7(24-13)3-23-2-6(20)1-19/h4-7,9-10,13,19-22H,1-3H2,(H2,14,15,16)/t6-,7+,9+,10+,13+/m0/s1. The van der Waals surface area contributed by atoms with Crippen LogP contribution in [0.1, 0.15) is 6.23 Å². The number of fused-ring (bicyclic) bond motifs is 1. The molecule has 0 saturated carbocycles. The van der Waals surface area contributed by atoms with Crippen molar-refractivity contribution in [1.29, 1.82) is 0 Å². The van der Waals surface area contributed by atoms with Crippen LogP contribution in [0.25, 0.3) is 11.2 Å². The molecule has 0 spiro atoms. The molecule has 0 bridgehead atoms. The summed E-state index contributed by atoms with van der Waals surface area (Å²) in [5.74, 6) is 0.199. The van der Waals surface area contributed by atoms with Gasteiger partial charge in [-0.15, -0.1) is 0 Å². The van der Waals surface area contributed by atoms with Crippen LogP contribution in [0.4, 0.5) is 5.82 Å². The van der Waals surface area contributed by atoms with Crippen molar-refractivity contribution in [2.45, 2.75) is 30.6 Å². The topological polar surface area (TPSA) is 169 Å². The van der Waals surface area contributed by atoms with Crippen LogP contribution in [-0.2, 0) is 9.47 Å². The van der Waals surface area contributed by atoms with E-state index in [1.165, 1.54) is 17.2 Å². The first-order valence-corrected chi connectivity index (χ1v) is 7.34. The number of anilines is 1. The number of nitrogens with zero attached hydrogens (tertiary/aromatic N) is 4. The molecular formula is C13H19N5O6. The Balaban J connectivity index is 1.73. The van der Waals surface area contributed by atoms with Gasteiger partial charge in [-0.2, -0.15) is 0 Å². The molecule has 2 aromatic rings. The van der Waals surface area contributed by atoms with Gasteiger partial charge >= 0.3 is 0 Å². The van der Waals surface area contributed by atoms with Crippen molar-refractivity contribution in [3.63, 3.8) is 0 Å². The zero-order valence-electron chi connectivity index (χ0n) is 12.6. The molecule has 3 rings (SSSR count). The Labute approximate surface area is 136 Å². The summed E-state index contributed by atoms with van der Waals surface area (Å²) in [6, 6.07) is 0. The Kier molecular flexibility index (Phi) is 4.89. The fraction of sp³-hybridized carbons (Fsp3) is 0.615. The highest BCUT2D eigenvalue weighted by Gasteiger charge is 2.44. The van der Waals surface area contributed by atoms with Crippen molar-refractivity contribution < 1.29 is 29.9 Å². The SMILES string of the molecule is Nc1ncnc2c1ncn2[C@@H]1O[C@H](COC[C@@H](O)CO)[C@@H](O)[C@H]1O. The summed E-state index contributed by atoms with van der Waals surface area (Å²) < 4.78 is 12.3. The molecule has 11 heteroatoms. The molecule has 24 heavy (non-hydrogen) atoms. The van der Waals surface area contributed by atoms with Crippen LogP contribution in [0, 0.1) is 0 Å². The lowest BCUT2D eigenvalue weighted by atomic mass is 10.1. The van der Waals surface area contributed by atoms with Crippen LogP contribution < -0.4 is 5.73 Å². The summed E-state index contributed by atoms with van der Waals surface area (Å²) >= 11 is 0. The fourth-order valence-corrected chi connectivity index (χ4v) is 2.53. The number of imidazole rings is 1. The zero-order chi connectivity index (χ0) is 17.3. The van der Waals surface area contributed by atoms with Crippen LogP contribution in [-0.4, -0.2) is 84.2 Å². The summed E-state index contributed by atoms with van der Waals surface area (Å²) in [5.41, 5.74) is 6.46. The van der Waals surface area contributed by atoms with Gasteiger partial charge in [0.25, 0.3) is 0 Å². The maximum atomic E-state index is 10.2. The molecule has 11 nitrogen and oxygen atoms in total. The molecule has 132 valence electrons. The Hall–Kier alpha value is -1.89. The van der Waals surface area contributed by atoms with E-state index < -0.39 is 37.3 Å². The molecule has 1 saturated heterocycles. The van der Waals surface area contributed by atoms with Crippen molar-refractivity contribution in [3.8, 4) is 0 Å². The van der Waals surface area contributed by atoms with Crippen molar-refractivity contribution in [1.82, 2.24) is 19.5 Å². The summed E-state index contributed by atoms with van der Waals surface area (Å²) in [4.78, 5) is 12.0. The second-order valence-corrected chi connectivity index (χ2v) is 5.50. The molecule has 1 fully saturated rings. The van der Waals surface area contributed by atoms with E-state index in [-0.39, 0.29) is 19.0 Å². The molecule has 0 unspecified atom stereocenters.